The summed E-state index contributed by atoms with van der Waals surface area (Å²) in [5, 5.41) is 3.84. The maximum Gasteiger partial charge on any atom is 0.340 e. The van der Waals surface area contributed by atoms with Crippen molar-refractivity contribution in [2.45, 2.75) is 26.4 Å². The third-order valence-electron chi connectivity index (χ3n) is 5.49. The zero-order valence-electron chi connectivity index (χ0n) is 20.2. The minimum atomic E-state index is -0.690. The van der Waals surface area contributed by atoms with Crippen molar-refractivity contribution in [1.82, 2.24) is 9.55 Å². The predicted molar refractivity (Wildman–Crippen MR) is 138 cm³/mol. The fraction of sp³-hybridized carbons (Fsp3) is 0.138. The van der Waals surface area contributed by atoms with E-state index >= 15 is 0 Å². The number of ether oxygens (including phenoxy) is 1. The van der Waals surface area contributed by atoms with Crippen LogP contribution >= 0.6 is 0 Å². The van der Waals surface area contributed by atoms with E-state index in [0.717, 1.165) is 16.7 Å². The fourth-order valence-corrected chi connectivity index (χ4v) is 3.83. The van der Waals surface area contributed by atoms with Crippen LogP contribution in [-0.4, -0.2) is 27.0 Å². The molecule has 1 N–H and O–H groups in total. The molecule has 0 aliphatic rings. The van der Waals surface area contributed by atoms with Gasteiger partial charge in [-0.1, -0.05) is 24.3 Å². The zero-order valence-corrected chi connectivity index (χ0v) is 20.2. The smallest absolute Gasteiger partial charge is 0.340 e. The summed E-state index contributed by atoms with van der Waals surface area (Å²) in [6.45, 7) is 5.39. The number of nitrogens with zero attached hydrogens (tertiary/aromatic N) is 2. The molecule has 0 radical (unpaired) electrons. The largest absolute Gasteiger partial charge is 0.456 e. The summed E-state index contributed by atoms with van der Waals surface area (Å²) in [6, 6.07) is 20.3. The molecule has 0 saturated carbocycles. The minimum Gasteiger partial charge on any atom is -0.456 e. The highest BCUT2D eigenvalue weighted by Crippen LogP contribution is 2.32. The van der Waals surface area contributed by atoms with Crippen LogP contribution in [0.15, 0.2) is 95.9 Å². The molecule has 5 aromatic rings. The Hall–Kier alpha value is -4.65. The summed E-state index contributed by atoms with van der Waals surface area (Å²) in [5.41, 5.74) is 2.44. The van der Waals surface area contributed by atoms with Crippen LogP contribution in [0.4, 0.5) is 5.69 Å². The number of pyridine rings is 1. The predicted octanol–water partition coefficient (Wildman–Crippen LogP) is 6.49. The number of rotatable bonds is 5. The van der Waals surface area contributed by atoms with Crippen molar-refractivity contribution in [3.63, 3.8) is 0 Å². The average molecular weight is 480 g/mol. The first-order valence-corrected chi connectivity index (χ1v) is 11.5. The van der Waals surface area contributed by atoms with Gasteiger partial charge in [-0.25, -0.2) is 4.79 Å². The molecule has 0 bridgehead atoms. The third-order valence-corrected chi connectivity index (χ3v) is 5.49. The van der Waals surface area contributed by atoms with Gasteiger partial charge < -0.3 is 19.0 Å². The van der Waals surface area contributed by atoms with Crippen LogP contribution in [0, 0.1) is 0 Å². The van der Waals surface area contributed by atoms with Crippen LogP contribution < -0.4 is 5.32 Å². The van der Waals surface area contributed by atoms with Crippen molar-refractivity contribution in [3.8, 4) is 17.0 Å². The molecule has 0 spiro atoms. The quantitative estimate of drug-likeness (QED) is 0.291. The maximum atomic E-state index is 13.2. The number of benzene rings is 2. The fourth-order valence-electron chi connectivity index (χ4n) is 3.83. The Morgan fingerprint density at radius 1 is 0.944 bits per heavy atom. The molecule has 0 fully saturated rings. The molecular weight excluding hydrogens is 454 g/mol. The number of anilines is 1. The molecule has 0 aliphatic carbocycles. The van der Waals surface area contributed by atoms with Crippen LogP contribution in [0.5, 0.6) is 0 Å². The number of para-hydroxylation sites is 1. The maximum absolute atomic E-state index is 13.2. The Kier molecular flexibility index (Phi) is 5.90. The molecular formula is C29H25N3O4. The van der Waals surface area contributed by atoms with E-state index in [0.29, 0.717) is 22.6 Å². The van der Waals surface area contributed by atoms with Gasteiger partial charge in [0.15, 0.2) is 0 Å². The SMILES string of the molecule is CC(C)(C)OC(=O)c1ccc(-c2cc3ccccc3o2)cc1NC(=O)c1cncc(-n2cccc2)c1. The van der Waals surface area contributed by atoms with Gasteiger partial charge >= 0.3 is 5.97 Å². The molecule has 7 nitrogen and oxygen atoms in total. The second-order valence-electron chi connectivity index (χ2n) is 9.39. The van der Waals surface area contributed by atoms with Crippen LogP contribution in [-0.2, 0) is 4.74 Å². The second kappa shape index (κ2) is 9.19. The third kappa shape index (κ3) is 4.90. The topological polar surface area (TPSA) is 86.4 Å². The highest BCUT2D eigenvalue weighted by atomic mass is 16.6. The Morgan fingerprint density at radius 2 is 1.72 bits per heavy atom. The summed E-state index contributed by atoms with van der Waals surface area (Å²) in [6.07, 6.45) is 6.90. The van der Waals surface area contributed by atoms with Crippen molar-refractivity contribution < 1.29 is 18.7 Å². The summed E-state index contributed by atoms with van der Waals surface area (Å²) >= 11 is 0. The molecule has 5 rings (SSSR count). The van der Waals surface area contributed by atoms with Crippen molar-refractivity contribution in [2.75, 3.05) is 5.32 Å². The van der Waals surface area contributed by atoms with Crippen molar-refractivity contribution in [1.29, 1.82) is 0 Å². The normalized spacial score (nSPS) is 11.4. The standard InChI is InChI=1S/C29H25N3O4/c1-29(2,3)36-28(34)23-11-10-20(26-16-19-8-4-5-9-25(19)35-26)15-24(23)31-27(33)21-14-22(18-30-17-21)32-12-6-7-13-32/h4-18H,1-3H3,(H,31,33). The molecule has 0 saturated heterocycles. The Balaban J connectivity index is 1.52. The molecule has 7 heteroatoms. The van der Waals surface area contributed by atoms with Gasteiger partial charge in [-0.15, -0.1) is 0 Å². The number of carbonyl (C=O) groups excluding carboxylic acids is 2. The molecule has 3 aromatic heterocycles. The van der Waals surface area contributed by atoms with E-state index in [9.17, 15) is 9.59 Å². The van der Waals surface area contributed by atoms with Crippen molar-refractivity contribution in [3.05, 3.63) is 103 Å². The number of amides is 1. The number of esters is 1. The van der Waals surface area contributed by atoms with E-state index in [4.69, 9.17) is 9.15 Å². The number of hydrogen-bond acceptors (Lipinski definition) is 5. The molecule has 180 valence electrons. The number of hydrogen-bond donors (Lipinski definition) is 1. The van der Waals surface area contributed by atoms with Gasteiger partial charge in [0.05, 0.1) is 28.7 Å². The zero-order chi connectivity index (χ0) is 25.3. The number of aromatic nitrogens is 2. The molecule has 1 amide bonds. The molecule has 36 heavy (non-hydrogen) atoms. The number of fused-ring (bicyclic) bond motifs is 1. The van der Waals surface area contributed by atoms with Gasteiger partial charge in [0.25, 0.3) is 5.91 Å². The number of carbonyl (C=O) groups is 2. The lowest BCUT2D eigenvalue weighted by molar-refractivity contribution is 0.00707. The molecule has 0 aliphatic heterocycles. The minimum absolute atomic E-state index is 0.243. The Bertz CT molecular complexity index is 1530. The van der Waals surface area contributed by atoms with Gasteiger partial charge in [0.1, 0.15) is 16.9 Å². The molecule has 0 unspecified atom stereocenters. The van der Waals surface area contributed by atoms with Crippen molar-refractivity contribution >= 4 is 28.5 Å². The van der Waals surface area contributed by atoms with Gasteiger partial charge in [-0.2, -0.15) is 0 Å². The summed E-state index contributed by atoms with van der Waals surface area (Å²) in [7, 11) is 0. The molecule has 0 atom stereocenters. The van der Waals surface area contributed by atoms with E-state index in [-0.39, 0.29) is 5.56 Å². The van der Waals surface area contributed by atoms with Gasteiger partial charge in [-0.3, -0.25) is 9.78 Å². The first-order valence-electron chi connectivity index (χ1n) is 11.5. The first-order chi connectivity index (χ1) is 17.3. The summed E-state index contributed by atoms with van der Waals surface area (Å²) in [4.78, 5) is 30.4. The van der Waals surface area contributed by atoms with Crippen LogP contribution in [0.3, 0.4) is 0 Å². The van der Waals surface area contributed by atoms with E-state index in [1.807, 2.05) is 59.4 Å². The van der Waals surface area contributed by atoms with Gasteiger partial charge in [-0.05, 0) is 63.2 Å². The summed E-state index contributed by atoms with van der Waals surface area (Å²) in [5.74, 6) is -0.310. The lowest BCUT2D eigenvalue weighted by atomic mass is 10.1. The van der Waals surface area contributed by atoms with E-state index in [2.05, 4.69) is 10.3 Å². The van der Waals surface area contributed by atoms with Crippen LogP contribution in [0.2, 0.25) is 0 Å². The monoisotopic (exact) mass is 479 g/mol. The first kappa shape index (κ1) is 23.1. The van der Waals surface area contributed by atoms with Crippen LogP contribution in [0.25, 0.3) is 28.0 Å². The second-order valence-corrected chi connectivity index (χ2v) is 9.39. The van der Waals surface area contributed by atoms with Crippen LogP contribution in [0.1, 0.15) is 41.5 Å². The number of nitrogens with one attached hydrogen (secondary N) is 1. The lowest BCUT2D eigenvalue weighted by Gasteiger charge is -2.21. The van der Waals surface area contributed by atoms with Gasteiger partial charge in [0, 0.05) is 29.5 Å². The average Bonchev–Trinajstić information content (AvgIpc) is 3.53. The van der Waals surface area contributed by atoms with E-state index < -0.39 is 17.5 Å². The van der Waals surface area contributed by atoms with Crippen molar-refractivity contribution in [2.24, 2.45) is 0 Å². The van der Waals surface area contributed by atoms with Gasteiger partial charge in [0.2, 0.25) is 0 Å². The Morgan fingerprint density at radius 3 is 2.47 bits per heavy atom. The van der Waals surface area contributed by atoms with E-state index in [1.54, 1.807) is 51.2 Å². The molecule has 2 aromatic carbocycles. The lowest BCUT2D eigenvalue weighted by Crippen LogP contribution is -2.25. The highest BCUT2D eigenvalue weighted by molar-refractivity contribution is 6.08. The van der Waals surface area contributed by atoms with E-state index in [1.165, 1.54) is 6.20 Å². The molecule has 3 heterocycles. The number of furan rings is 1. The summed E-state index contributed by atoms with van der Waals surface area (Å²) < 4.78 is 13.4. The Labute approximate surface area is 208 Å². The highest BCUT2D eigenvalue weighted by Gasteiger charge is 2.23.